The highest BCUT2D eigenvalue weighted by molar-refractivity contribution is 6.74. The molecule has 0 aliphatic carbocycles. The molecule has 5 nitrogen and oxygen atoms in total. The predicted octanol–water partition coefficient (Wildman–Crippen LogP) is 2.29. The monoisotopic (exact) mass is 304 g/mol. The molecule has 0 aromatic rings. The normalized spacial score (nSPS) is 31.4. The van der Waals surface area contributed by atoms with Crippen molar-refractivity contribution >= 4 is 14.3 Å². The molecule has 118 valence electrons. The fraction of sp³-hybridized carbons (Fsp3) is 0.929. The number of carbonyl (C=O) groups is 1. The van der Waals surface area contributed by atoms with Gasteiger partial charge in [-0.25, -0.2) is 0 Å². The van der Waals surface area contributed by atoms with Crippen molar-refractivity contribution < 1.29 is 23.8 Å². The molecule has 1 unspecified atom stereocenters. The zero-order valence-electron chi connectivity index (χ0n) is 13.6. The number of ether oxygens (including phenoxy) is 2. The molecule has 1 saturated heterocycles. The zero-order chi connectivity index (χ0) is 15.8. The molecule has 0 saturated carbocycles. The van der Waals surface area contributed by atoms with E-state index in [0.717, 1.165) is 0 Å². The van der Waals surface area contributed by atoms with Crippen LogP contribution in [0.15, 0.2) is 0 Å². The van der Waals surface area contributed by atoms with Gasteiger partial charge in [-0.05, 0) is 32.0 Å². The van der Waals surface area contributed by atoms with Crippen LogP contribution in [0.4, 0.5) is 0 Å². The van der Waals surface area contributed by atoms with Gasteiger partial charge in [-0.2, -0.15) is 0 Å². The second-order valence-corrected chi connectivity index (χ2v) is 11.9. The maximum absolute atomic E-state index is 12.2. The Kier molecular flexibility index (Phi) is 5.07. The standard InChI is InChI=1S/C14H28O5Si/c1-8-17-12(16)14(5)9-18-11(15)10(14)19-20(6,7)13(2,3)4/h10-11,15H,8-9H2,1-7H3/t10-,11?,14-/m0/s1. The minimum Gasteiger partial charge on any atom is -0.465 e. The Labute approximate surface area is 122 Å². The second kappa shape index (κ2) is 5.75. The molecule has 1 rings (SSSR count). The number of esters is 1. The fourth-order valence-electron chi connectivity index (χ4n) is 1.90. The summed E-state index contributed by atoms with van der Waals surface area (Å²) in [6.45, 7) is 14.4. The molecule has 1 heterocycles. The van der Waals surface area contributed by atoms with Crippen LogP contribution >= 0.6 is 0 Å². The van der Waals surface area contributed by atoms with Crippen LogP contribution in [0, 0.1) is 5.41 Å². The van der Waals surface area contributed by atoms with E-state index in [1.54, 1.807) is 13.8 Å². The molecule has 3 atom stereocenters. The van der Waals surface area contributed by atoms with Crippen LogP contribution < -0.4 is 0 Å². The van der Waals surface area contributed by atoms with Gasteiger partial charge >= 0.3 is 5.97 Å². The Morgan fingerprint density at radius 1 is 1.45 bits per heavy atom. The lowest BCUT2D eigenvalue weighted by molar-refractivity contribution is -0.160. The van der Waals surface area contributed by atoms with Gasteiger partial charge in [0.25, 0.3) is 0 Å². The Bertz CT molecular complexity index is 363. The van der Waals surface area contributed by atoms with Gasteiger partial charge in [-0.15, -0.1) is 0 Å². The molecule has 1 aliphatic heterocycles. The third kappa shape index (κ3) is 3.24. The van der Waals surface area contributed by atoms with Crippen molar-refractivity contribution in [1.82, 2.24) is 0 Å². The van der Waals surface area contributed by atoms with Crippen LogP contribution in [0.25, 0.3) is 0 Å². The average molecular weight is 304 g/mol. The molecule has 0 bridgehead atoms. The first kappa shape index (κ1) is 17.6. The highest BCUT2D eigenvalue weighted by atomic mass is 28.4. The van der Waals surface area contributed by atoms with Gasteiger partial charge in [0.2, 0.25) is 0 Å². The third-order valence-electron chi connectivity index (χ3n) is 4.41. The topological polar surface area (TPSA) is 65.0 Å². The minimum atomic E-state index is -2.12. The van der Waals surface area contributed by atoms with E-state index in [4.69, 9.17) is 13.9 Å². The van der Waals surface area contributed by atoms with Crippen LogP contribution in [-0.2, 0) is 18.7 Å². The number of hydrogen-bond donors (Lipinski definition) is 1. The predicted molar refractivity (Wildman–Crippen MR) is 78.8 cm³/mol. The van der Waals surface area contributed by atoms with Gasteiger partial charge in [0.15, 0.2) is 14.6 Å². The van der Waals surface area contributed by atoms with Gasteiger partial charge in [0, 0.05) is 0 Å². The number of aliphatic hydroxyl groups is 1. The van der Waals surface area contributed by atoms with E-state index in [1.807, 2.05) is 0 Å². The highest BCUT2D eigenvalue weighted by Gasteiger charge is 2.56. The summed E-state index contributed by atoms with van der Waals surface area (Å²) >= 11 is 0. The van der Waals surface area contributed by atoms with Crippen molar-refractivity contribution in [2.45, 2.75) is 65.1 Å². The molecular weight excluding hydrogens is 276 g/mol. The number of hydrogen-bond acceptors (Lipinski definition) is 5. The molecule has 6 heteroatoms. The van der Waals surface area contributed by atoms with E-state index in [0.29, 0.717) is 6.61 Å². The lowest BCUT2D eigenvalue weighted by Gasteiger charge is -2.41. The van der Waals surface area contributed by atoms with Crippen molar-refractivity contribution in [3.63, 3.8) is 0 Å². The van der Waals surface area contributed by atoms with Crippen LogP contribution in [0.2, 0.25) is 18.1 Å². The van der Waals surface area contributed by atoms with Gasteiger partial charge in [-0.3, -0.25) is 4.79 Å². The quantitative estimate of drug-likeness (QED) is 0.638. The van der Waals surface area contributed by atoms with Crippen LogP contribution in [0.3, 0.4) is 0 Å². The maximum Gasteiger partial charge on any atom is 0.316 e. The molecule has 0 spiro atoms. The molecule has 1 N–H and O–H groups in total. The largest absolute Gasteiger partial charge is 0.465 e. The van der Waals surface area contributed by atoms with Gasteiger partial charge < -0.3 is 19.0 Å². The Morgan fingerprint density at radius 3 is 2.45 bits per heavy atom. The van der Waals surface area contributed by atoms with E-state index < -0.39 is 26.1 Å². The summed E-state index contributed by atoms with van der Waals surface area (Å²) in [4.78, 5) is 12.2. The number of aliphatic hydroxyl groups excluding tert-OH is 1. The second-order valence-electron chi connectivity index (χ2n) is 7.14. The van der Waals surface area contributed by atoms with Crippen molar-refractivity contribution in [3.05, 3.63) is 0 Å². The highest BCUT2D eigenvalue weighted by Crippen LogP contribution is 2.43. The SMILES string of the molecule is CCOC(=O)[C@@]1(C)COC(O)[C@@H]1O[Si](C)(C)C(C)(C)C. The molecule has 1 aliphatic rings. The molecule has 1 fully saturated rings. The maximum atomic E-state index is 12.2. The first-order chi connectivity index (χ1) is 8.95. The van der Waals surface area contributed by atoms with Gasteiger partial charge in [0.1, 0.15) is 11.5 Å². The van der Waals surface area contributed by atoms with Crippen molar-refractivity contribution in [2.24, 2.45) is 5.41 Å². The summed E-state index contributed by atoms with van der Waals surface area (Å²) in [5.74, 6) is -0.375. The van der Waals surface area contributed by atoms with Gasteiger partial charge in [-0.1, -0.05) is 20.8 Å². The molecule has 0 aromatic heterocycles. The van der Waals surface area contributed by atoms with E-state index in [-0.39, 0.29) is 17.6 Å². The molecule has 0 radical (unpaired) electrons. The third-order valence-corrected chi connectivity index (χ3v) is 8.87. The van der Waals surface area contributed by atoms with E-state index in [1.165, 1.54) is 0 Å². The first-order valence-electron chi connectivity index (χ1n) is 7.10. The van der Waals surface area contributed by atoms with Crippen molar-refractivity contribution in [2.75, 3.05) is 13.2 Å². The summed E-state index contributed by atoms with van der Waals surface area (Å²) in [6.07, 6.45) is -1.76. The molecule has 0 amide bonds. The summed E-state index contributed by atoms with van der Waals surface area (Å²) in [5.41, 5.74) is -0.953. The molecule has 0 aromatic carbocycles. The van der Waals surface area contributed by atoms with E-state index >= 15 is 0 Å². The smallest absolute Gasteiger partial charge is 0.316 e. The van der Waals surface area contributed by atoms with Crippen LogP contribution in [0.1, 0.15) is 34.6 Å². The van der Waals surface area contributed by atoms with E-state index in [2.05, 4.69) is 33.9 Å². The lowest BCUT2D eigenvalue weighted by Crippen LogP contribution is -2.52. The number of carbonyl (C=O) groups excluding carboxylic acids is 1. The fourth-order valence-corrected chi connectivity index (χ4v) is 3.26. The van der Waals surface area contributed by atoms with Crippen molar-refractivity contribution in [3.8, 4) is 0 Å². The minimum absolute atomic E-state index is 0.00905. The van der Waals surface area contributed by atoms with Crippen LogP contribution in [0.5, 0.6) is 0 Å². The van der Waals surface area contributed by atoms with Crippen LogP contribution in [-0.4, -0.2) is 45.0 Å². The lowest BCUT2D eigenvalue weighted by atomic mass is 9.87. The summed E-state index contributed by atoms with van der Waals surface area (Å²) in [7, 11) is -2.12. The Hall–Kier alpha value is -0.433. The number of rotatable bonds is 4. The molecular formula is C14H28O5Si. The Morgan fingerprint density at radius 2 is 2.00 bits per heavy atom. The zero-order valence-corrected chi connectivity index (χ0v) is 14.6. The van der Waals surface area contributed by atoms with Gasteiger partial charge in [0.05, 0.1) is 13.2 Å². The first-order valence-corrected chi connectivity index (χ1v) is 10.0. The summed E-state index contributed by atoms with van der Waals surface area (Å²) in [6, 6.07) is 0. The summed E-state index contributed by atoms with van der Waals surface area (Å²) in [5, 5.41) is 10.0. The van der Waals surface area contributed by atoms with E-state index in [9.17, 15) is 9.90 Å². The average Bonchev–Trinajstić information content (AvgIpc) is 2.57. The Balaban J connectivity index is 2.98. The molecule has 20 heavy (non-hydrogen) atoms. The van der Waals surface area contributed by atoms with Crippen molar-refractivity contribution in [1.29, 1.82) is 0 Å². The summed E-state index contributed by atoms with van der Waals surface area (Å²) < 4.78 is 16.6.